The second-order valence-electron chi connectivity index (χ2n) is 2.68. The first kappa shape index (κ1) is 7.57. The molecule has 3 aromatic heterocycles. The summed E-state index contributed by atoms with van der Waals surface area (Å²) in [5.41, 5.74) is 1.50. The molecule has 3 heterocycles. The number of hydrogen-bond donors (Lipinski definition) is 1. The molecule has 0 aromatic carbocycles. The molecule has 14 heavy (non-hydrogen) atoms. The van der Waals surface area contributed by atoms with Crippen LogP contribution in [0.15, 0.2) is 24.1 Å². The smallest absolute Gasteiger partial charge is 0.181 e. The maximum atomic E-state index is 4.30. The van der Waals surface area contributed by atoms with Crippen LogP contribution in [0.3, 0.4) is 0 Å². The van der Waals surface area contributed by atoms with Crippen molar-refractivity contribution in [2.24, 2.45) is 0 Å². The Balaban J connectivity index is 2.24. The number of imidazole rings is 1. The van der Waals surface area contributed by atoms with E-state index in [-0.39, 0.29) is 0 Å². The molecular weight excluding hydrogens is 198 g/mol. The van der Waals surface area contributed by atoms with Crippen LogP contribution in [0.1, 0.15) is 0 Å². The molecule has 0 saturated heterocycles. The molecule has 68 valence electrons. The number of aromatic amines is 1. The molecule has 3 aromatic rings. The lowest BCUT2D eigenvalue weighted by Crippen LogP contribution is -1.77. The van der Waals surface area contributed by atoms with E-state index in [0.717, 1.165) is 16.3 Å². The molecule has 1 N–H and O–H groups in total. The lowest BCUT2D eigenvalue weighted by atomic mass is 10.6. The Morgan fingerprint density at radius 2 is 2.29 bits per heavy atom. The number of nitrogens with zero attached hydrogens (tertiary/aromatic N) is 4. The van der Waals surface area contributed by atoms with Gasteiger partial charge in [-0.05, 0) is 0 Å². The number of hydrogen-bond acceptors (Lipinski definition) is 5. The number of H-pyrrole nitrogens is 1. The molecule has 0 aliphatic heterocycles. The maximum absolute atomic E-state index is 4.30. The fourth-order valence-corrected chi connectivity index (χ4v) is 1.78. The van der Waals surface area contributed by atoms with E-state index in [1.54, 1.807) is 12.4 Å². The third-order valence-electron chi connectivity index (χ3n) is 1.80. The second kappa shape index (κ2) is 2.85. The van der Waals surface area contributed by atoms with Crippen molar-refractivity contribution in [1.82, 2.24) is 24.9 Å². The Morgan fingerprint density at radius 3 is 3.07 bits per heavy atom. The quantitative estimate of drug-likeness (QED) is 0.650. The summed E-state index contributed by atoms with van der Waals surface area (Å²) < 4.78 is 0. The average molecular weight is 203 g/mol. The van der Waals surface area contributed by atoms with Crippen molar-refractivity contribution in [2.75, 3.05) is 0 Å². The zero-order valence-corrected chi connectivity index (χ0v) is 7.82. The molecule has 0 amide bonds. The lowest BCUT2D eigenvalue weighted by Gasteiger charge is -1.84. The van der Waals surface area contributed by atoms with Gasteiger partial charge in [0.1, 0.15) is 11.8 Å². The fraction of sp³-hybridized carbons (Fsp3) is 0. The molecule has 0 fully saturated rings. The molecule has 0 aliphatic carbocycles. The van der Waals surface area contributed by atoms with Crippen LogP contribution in [0.25, 0.3) is 22.0 Å². The largest absolute Gasteiger partial charge is 0.333 e. The second-order valence-corrected chi connectivity index (χ2v) is 3.58. The van der Waals surface area contributed by atoms with Gasteiger partial charge < -0.3 is 4.98 Å². The molecule has 5 nitrogen and oxygen atoms in total. The summed E-state index contributed by atoms with van der Waals surface area (Å²) in [5, 5.41) is 2.77. The zero-order chi connectivity index (χ0) is 9.38. The van der Waals surface area contributed by atoms with Crippen molar-refractivity contribution in [3.05, 3.63) is 24.1 Å². The average Bonchev–Trinajstić information content (AvgIpc) is 2.86. The van der Waals surface area contributed by atoms with Gasteiger partial charge in [0, 0.05) is 11.6 Å². The summed E-state index contributed by atoms with van der Waals surface area (Å²) in [6.07, 6.45) is 4.93. The van der Waals surface area contributed by atoms with E-state index < -0.39 is 0 Å². The van der Waals surface area contributed by atoms with Gasteiger partial charge in [-0.3, -0.25) is 0 Å². The van der Waals surface area contributed by atoms with Crippen LogP contribution in [-0.2, 0) is 0 Å². The summed E-state index contributed by atoms with van der Waals surface area (Å²) >= 11 is 1.54. The minimum Gasteiger partial charge on any atom is -0.333 e. The van der Waals surface area contributed by atoms with Gasteiger partial charge in [0.25, 0.3) is 0 Å². The standard InChI is InChI=1S/C8H5N5S/c1-2-14-8(10-1)7-12-5-3-9-4-11-6(5)13-7/h1-4H,(H,9,11,12,13). The van der Waals surface area contributed by atoms with Crippen molar-refractivity contribution in [3.8, 4) is 10.8 Å². The van der Waals surface area contributed by atoms with E-state index >= 15 is 0 Å². The SMILES string of the molecule is c1csc(-c2nc3ncncc3[nH]2)n1. The molecule has 0 unspecified atom stereocenters. The monoisotopic (exact) mass is 203 g/mol. The number of nitrogens with one attached hydrogen (secondary N) is 1. The lowest BCUT2D eigenvalue weighted by molar-refractivity contribution is 1.20. The third-order valence-corrected chi connectivity index (χ3v) is 2.58. The van der Waals surface area contributed by atoms with Gasteiger partial charge in [0.15, 0.2) is 16.5 Å². The van der Waals surface area contributed by atoms with Gasteiger partial charge in [-0.25, -0.2) is 19.9 Å². The molecule has 6 heteroatoms. The van der Waals surface area contributed by atoms with Crippen LogP contribution in [0.5, 0.6) is 0 Å². The van der Waals surface area contributed by atoms with Crippen molar-refractivity contribution in [2.45, 2.75) is 0 Å². The summed E-state index contributed by atoms with van der Waals surface area (Å²) in [7, 11) is 0. The van der Waals surface area contributed by atoms with Crippen LogP contribution in [0.2, 0.25) is 0 Å². The van der Waals surface area contributed by atoms with E-state index in [2.05, 4.69) is 24.9 Å². The van der Waals surface area contributed by atoms with Crippen LogP contribution in [0, 0.1) is 0 Å². The Kier molecular flexibility index (Phi) is 1.54. The fourth-order valence-electron chi connectivity index (χ4n) is 1.20. The molecular formula is C8H5N5S. The van der Waals surface area contributed by atoms with Crippen molar-refractivity contribution >= 4 is 22.5 Å². The Bertz CT molecular complexity index is 523. The predicted octanol–water partition coefficient (Wildman–Crippen LogP) is 1.48. The normalized spacial score (nSPS) is 10.9. The highest BCUT2D eigenvalue weighted by Crippen LogP contribution is 2.20. The first-order valence-electron chi connectivity index (χ1n) is 3.99. The van der Waals surface area contributed by atoms with Gasteiger partial charge in [0.05, 0.1) is 6.20 Å². The highest BCUT2D eigenvalue weighted by molar-refractivity contribution is 7.13. The highest BCUT2D eigenvalue weighted by atomic mass is 32.1. The zero-order valence-electron chi connectivity index (χ0n) is 7.01. The predicted molar refractivity (Wildman–Crippen MR) is 52.8 cm³/mol. The number of aromatic nitrogens is 5. The van der Waals surface area contributed by atoms with E-state index in [0.29, 0.717) is 5.65 Å². The minimum absolute atomic E-state index is 0.671. The number of rotatable bonds is 1. The number of fused-ring (bicyclic) bond motifs is 1. The first-order chi connectivity index (χ1) is 6.93. The summed E-state index contributed by atoms with van der Waals surface area (Å²) in [6.45, 7) is 0. The van der Waals surface area contributed by atoms with E-state index in [1.165, 1.54) is 17.7 Å². The molecule has 3 rings (SSSR count). The molecule has 0 atom stereocenters. The van der Waals surface area contributed by atoms with E-state index in [9.17, 15) is 0 Å². The van der Waals surface area contributed by atoms with E-state index in [1.807, 2.05) is 5.38 Å². The van der Waals surface area contributed by atoms with Gasteiger partial charge in [-0.15, -0.1) is 11.3 Å². The molecule has 0 spiro atoms. The van der Waals surface area contributed by atoms with Crippen LogP contribution >= 0.6 is 11.3 Å². The molecule has 0 bridgehead atoms. The van der Waals surface area contributed by atoms with Crippen molar-refractivity contribution < 1.29 is 0 Å². The highest BCUT2D eigenvalue weighted by Gasteiger charge is 2.07. The van der Waals surface area contributed by atoms with Gasteiger partial charge >= 0.3 is 0 Å². The summed E-state index contributed by atoms with van der Waals surface area (Å²) in [6, 6.07) is 0. The Hall–Kier alpha value is -1.82. The van der Waals surface area contributed by atoms with Crippen molar-refractivity contribution in [3.63, 3.8) is 0 Å². The first-order valence-corrected chi connectivity index (χ1v) is 4.87. The Labute approximate surface area is 82.9 Å². The van der Waals surface area contributed by atoms with Crippen molar-refractivity contribution in [1.29, 1.82) is 0 Å². The van der Waals surface area contributed by atoms with Crippen LogP contribution in [-0.4, -0.2) is 24.9 Å². The summed E-state index contributed by atoms with van der Waals surface area (Å²) in [5.74, 6) is 0.746. The molecule has 0 radical (unpaired) electrons. The third kappa shape index (κ3) is 1.08. The van der Waals surface area contributed by atoms with E-state index in [4.69, 9.17) is 0 Å². The maximum Gasteiger partial charge on any atom is 0.181 e. The topological polar surface area (TPSA) is 67.3 Å². The Morgan fingerprint density at radius 1 is 1.29 bits per heavy atom. The van der Waals surface area contributed by atoms with Gasteiger partial charge in [-0.2, -0.15) is 0 Å². The van der Waals surface area contributed by atoms with Gasteiger partial charge in [-0.1, -0.05) is 0 Å². The molecule has 0 saturated carbocycles. The van der Waals surface area contributed by atoms with Crippen LogP contribution in [0.4, 0.5) is 0 Å². The van der Waals surface area contributed by atoms with Gasteiger partial charge in [0.2, 0.25) is 0 Å². The molecule has 0 aliphatic rings. The minimum atomic E-state index is 0.671. The van der Waals surface area contributed by atoms with Crippen LogP contribution < -0.4 is 0 Å². The number of thiazole rings is 1. The summed E-state index contributed by atoms with van der Waals surface area (Å²) in [4.78, 5) is 19.5.